The van der Waals surface area contributed by atoms with Gasteiger partial charge in [-0.1, -0.05) is 56.8 Å². The average molecular weight is 526 g/mol. The molecule has 1 aliphatic heterocycles. The second-order valence-electron chi connectivity index (χ2n) is 6.19. The predicted octanol–water partition coefficient (Wildman–Crippen LogP) is 4.35. The Kier molecular flexibility index (Phi) is 7.50. The number of benzene rings is 1. The first kappa shape index (κ1) is 21.7. The van der Waals surface area contributed by atoms with Gasteiger partial charge < -0.3 is 15.1 Å². The van der Waals surface area contributed by atoms with Gasteiger partial charge in [-0.05, 0) is 29.6 Å². The summed E-state index contributed by atoms with van der Waals surface area (Å²) in [5, 5.41) is 5.78. The maximum Gasteiger partial charge on any atom is 0.251 e. The van der Waals surface area contributed by atoms with Crippen LogP contribution in [-0.2, 0) is 16.1 Å². The van der Waals surface area contributed by atoms with Crippen molar-refractivity contribution in [3.63, 3.8) is 0 Å². The molecule has 1 fully saturated rings. The highest BCUT2D eigenvalue weighted by Crippen LogP contribution is 2.30. The molecular weight excluding hydrogens is 509 g/mol. The minimum Gasteiger partial charge on any atom is -0.356 e. The van der Waals surface area contributed by atoms with Gasteiger partial charge in [0.1, 0.15) is 6.04 Å². The molecule has 2 heterocycles. The molecule has 0 aliphatic carbocycles. The van der Waals surface area contributed by atoms with Crippen molar-refractivity contribution in [2.24, 2.45) is 0 Å². The highest BCUT2D eigenvalue weighted by atomic mass is 79.9. The number of hydrogen-bond donors (Lipinski definition) is 1. The van der Waals surface area contributed by atoms with Crippen molar-refractivity contribution in [1.29, 1.82) is 0 Å². The third-order valence-corrected chi connectivity index (χ3v) is 6.63. The lowest BCUT2D eigenvalue weighted by atomic mass is 10.1. The molecule has 1 aromatic heterocycles. The van der Waals surface area contributed by atoms with Gasteiger partial charge in [-0.3, -0.25) is 9.59 Å². The van der Waals surface area contributed by atoms with Gasteiger partial charge in [0, 0.05) is 23.7 Å². The van der Waals surface area contributed by atoms with Crippen LogP contribution in [0.2, 0.25) is 10.0 Å². The molecule has 1 saturated heterocycles. The maximum absolute atomic E-state index is 13.0. The third-order valence-electron chi connectivity index (χ3n) is 4.43. The Labute approximate surface area is 190 Å². The number of halogens is 4. The first-order chi connectivity index (χ1) is 13.4. The Balaban J connectivity index is 1.81. The van der Waals surface area contributed by atoms with E-state index < -0.39 is 10.3 Å². The number of nitrogens with one attached hydrogen (secondary N) is 1. The van der Waals surface area contributed by atoms with E-state index in [4.69, 9.17) is 34.8 Å². The summed E-state index contributed by atoms with van der Waals surface area (Å²) >= 11 is 22.7. The minimum absolute atomic E-state index is 0.169. The van der Waals surface area contributed by atoms with Gasteiger partial charge in [-0.25, -0.2) is 0 Å². The number of hydrogen-bond acceptors (Lipinski definition) is 4. The lowest BCUT2D eigenvalue weighted by Crippen LogP contribution is -2.60. The van der Waals surface area contributed by atoms with E-state index in [9.17, 15) is 9.59 Å². The van der Waals surface area contributed by atoms with E-state index in [-0.39, 0.29) is 18.4 Å². The molecule has 28 heavy (non-hydrogen) atoms. The predicted molar refractivity (Wildman–Crippen MR) is 119 cm³/mol. The normalized spacial score (nSPS) is 18.1. The van der Waals surface area contributed by atoms with Crippen molar-refractivity contribution < 1.29 is 9.59 Å². The van der Waals surface area contributed by atoms with Crippen LogP contribution in [0.1, 0.15) is 4.88 Å². The molecule has 0 saturated carbocycles. The van der Waals surface area contributed by atoms with Crippen molar-refractivity contribution in [1.82, 2.24) is 10.2 Å². The van der Waals surface area contributed by atoms with Gasteiger partial charge in [0.15, 0.2) is 4.29 Å². The van der Waals surface area contributed by atoms with E-state index in [1.54, 1.807) is 28.4 Å². The van der Waals surface area contributed by atoms with Gasteiger partial charge in [-0.15, -0.1) is 11.3 Å². The van der Waals surface area contributed by atoms with Crippen LogP contribution in [0.4, 0.5) is 5.69 Å². The minimum atomic E-state index is -0.821. The molecule has 10 heteroatoms. The lowest BCUT2D eigenvalue weighted by molar-refractivity contribution is -0.131. The summed E-state index contributed by atoms with van der Waals surface area (Å²) in [7, 11) is 0. The maximum atomic E-state index is 13.0. The Bertz CT molecular complexity index is 851. The summed E-state index contributed by atoms with van der Waals surface area (Å²) in [4.78, 5) is 29.9. The summed E-state index contributed by atoms with van der Waals surface area (Å²) < 4.78 is -0.821. The zero-order valence-corrected chi connectivity index (χ0v) is 19.2. The first-order valence-electron chi connectivity index (χ1n) is 8.45. The van der Waals surface area contributed by atoms with E-state index >= 15 is 0 Å². The molecule has 0 bridgehead atoms. The molecule has 1 aromatic carbocycles. The van der Waals surface area contributed by atoms with E-state index in [0.29, 0.717) is 29.7 Å². The molecule has 1 unspecified atom stereocenters. The number of carbonyl (C=O) groups excluding carboxylic acids is 2. The van der Waals surface area contributed by atoms with Crippen molar-refractivity contribution in [2.45, 2.75) is 16.9 Å². The van der Waals surface area contributed by atoms with Gasteiger partial charge in [0.05, 0.1) is 23.1 Å². The fraction of sp³-hybridized carbons (Fsp3) is 0.333. The number of thiophene rings is 1. The zero-order valence-electron chi connectivity index (χ0n) is 14.6. The van der Waals surface area contributed by atoms with Crippen LogP contribution in [0.5, 0.6) is 0 Å². The van der Waals surface area contributed by atoms with Gasteiger partial charge in [-0.2, -0.15) is 0 Å². The molecule has 5 nitrogen and oxygen atoms in total. The number of alkyl halides is 2. The second kappa shape index (κ2) is 9.67. The van der Waals surface area contributed by atoms with Crippen LogP contribution >= 0.6 is 62.1 Å². The number of rotatable bonds is 5. The molecule has 2 aromatic rings. The van der Waals surface area contributed by atoms with Gasteiger partial charge in [0.25, 0.3) is 5.91 Å². The van der Waals surface area contributed by atoms with Crippen LogP contribution in [0.25, 0.3) is 0 Å². The molecule has 1 N–H and O–H groups in total. The largest absolute Gasteiger partial charge is 0.356 e. The molecule has 2 amide bonds. The van der Waals surface area contributed by atoms with E-state index in [0.717, 1.165) is 10.6 Å². The van der Waals surface area contributed by atoms with E-state index in [2.05, 4.69) is 21.2 Å². The van der Waals surface area contributed by atoms with Crippen LogP contribution < -0.4 is 10.2 Å². The number of piperazine rings is 1. The summed E-state index contributed by atoms with van der Waals surface area (Å²) in [6, 6.07) is 8.57. The van der Waals surface area contributed by atoms with Crippen LogP contribution in [0, 0.1) is 0 Å². The smallest absolute Gasteiger partial charge is 0.251 e. The van der Waals surface area contributed by atoms with E-state index in [1.807, 2.05) is 28.5 Å². The monoisotopic (exact) mass is 523 g/mol. The van der Waals surface area contributed by atoms with Crippen LogP contribution in [-0.4, -0.2) is 46.7 Å². The number of nitrogens with zero attached hydrogens (tertiary/aromatic N) is 2. The fourth-order valence-electron chi connectivity index (χ4n) is 3.02. The fourth-order valence-corrected chi connectivity index (χ4v) is 4.39. The molecule has 0 radical (unpaired) electrons. The van der Waals surface area contributed by atoms with Crippen molar-refractivity contribution in [3.8, 4) is 0 Å². The average Bonchev–Trinajstić information content (AvgIpc) is 3.20. The molecule has 0 spiro atoms. The summed E-state index contributed by atoms with van der Waals surface area (Å²) in [6.45, 7) is 1.58. The Morgan fingerprint density at radius 2 is 2.04 bits per heavy atom. The molecule has 2 atom stereocenters. The topological polar surface area (TPSA) is 52.7 Å². The highest BCUT2D eigenvalue weighted by molar-refractivity contribution is 9.10. The Morgan fingerprint density at radius 1 is 1.25 bits per heavy atom. The Morgan fingerprint density at radius 3 is 2.68 bits per heavy atom. The third kappa shape index (κ3) is 5.13. The van der Waals surface area contributed by atoms with Crippen LogP contribution in [0.3, 0.4) is 0 Å². The summed E-state index contributed by atoms with van der Waals surface area (Å²) in [5.41, 5.74) is 0.777. The van der Waals surface area contributed by atoms with Crippen molar-refractivity contribution >= 4 is 79.6 Å². The number of anilines is 1. The summed E-state index contributed by atoms with van der Waals surface area (Å²) in [6.07, 6.45) is 0. The number of carbonyl (C=O) groups is 2. The lowest BCUT2D eigenvalue weighted by Gasteiger charge is -2.42. The molecule has 1 aliphatic rings. The highest BCUT2D eigenvalue weighted by Gasteiger charge is 2.35. The van der Waals surface area contributed by atoms with Crippen molar-refractivity contribution in [3.05, 3.63) is 50.6 Å². The second-order valence-corrected chi connectivity index (χ2v) is 9.92. The van der Waals surface area contributed by atoms with E-state index in [1.165, 1.54) is 0 Å². The first-order valence-corrected chi connectivity index (χ1v) is 11.4. The van der Waals surface area contributed by atoms with Gasteiger partial charge >= 0.3 is 0 Å². The van der Waals surface area contributed by atoms with Crippen molar-refractivity contribution in [2.75, 3.05) is 24.5 Å². The number of amides is 2. The quantitative estimate of drug-likeness (QED) is 0.591. The molecular formula is C18H17BrCl3N3O2S. The SMILES string of the molecule is O=C(NCc1cccs1)[C@@H]1CN(C(=O)C(Cl)Br)CCN1c1ccc(Cl)c(Cl)c1. The summed E-state index contributed by atoms with van der Waals surface area (Å²) in [5.74, 6) is -0.427. The zero-order chi connectivity index (χ0) is 20.3. The standard InChI is InChI=1S/C18H17BrCl3N3O2S/c19-16(22)18(27)24-5-6-25(11-3-4-13(20)14(21)8-11)15(10-24)17(26)23-9-12-2-1-7-28-12/h1-4,7-8,15-16H,5-6,9-10H2,(H,23,26)/t15-,16?/m0/s1. The Hall–Kier alpha value is -0.990. The van der Waals surface area contributed by atoms with Crippen LogP contribution in [0.15, 0.2) is 35.7 Å². The molecule has 3 rings (SSSR count). The molecule has 150 valence electrons. The van der Waals surface area contributed by atoms with Gasteiger partial charge in [0.2, 0.25) is 5.91 Å².